The van der Waals surface area contributed by atoms with Crippen LogP contribution in [0.3, 0.4) is 0 Å². The summed E-state index contributed by atoms with van der Waals surface area (Å²) in [7, 11) is 0. The maximum Gasteiger partial charge on any atom is 0.179 e. The minimum absolute atomic E-state index is 0.518. The molecule has 0 radical (unpaired) electrons. The number of benzene rings is 5. The fraction of sp³-hybridized carbons (Fsp3) is 0.0303. The Hall–Kier alpha value is -4.64. The smallest absolute Gasteiger partial charge is 0.179 e. The topological polar surface area (TPSA) is 66.2 Å². The fourth-order valence-corrected chi connectivity index (χ4v) is 5.50. The second kappa shape index (κ2) is 8.49. The van der Waals surface area contributed by atoms with Crippen LogP contribution in [0.5, 0.6) is 0 Å². The Morgan fingerprint density at radius 3 is 1.81 bits per heavy atom. The molecule has 0 bridgehead atoms. The zero-order chi connectivity index (χ0) is 24.9. The lowest BCUT2D eigenvalue weighted by atomic mass is 9.86. The standard InChI is InChI=1S/C33H22N2O2/c36-33(37)29-11-9-21-17-30(27-7-1-4-20-8-10-28(29)32(21)31(20)27)26-15-24(22-5-2-12-34-18-22)14-25(16-26)23-6-3-13-35-19-23/h1-19,33,36-37H. The lowest BCUT2D eigenvalue weighted by molar-refractivity contribution is -0.0412. The van der Waals surface area contributed by atoms with E-state index in [2.05, 4.69) is 70.6 Å². The van der Waals surface area contributed by atoms with Crippen LogP contribution in [0.15, 0.2) is 116 Å². The van der Waals surface area contributed by atoms with E-state index in [9.17, 15) is 10.2 Å². The number of nitrogens with zero attached hydrogens (tertiary/aromatic N) is 2. The largest absolute Gasteiger partial charge is 0.364 e. The van der Waals surface area contributed by atoms with Gasteiger partial charge < -0.3 is 10.2 Å². The number of aromatic nitrogens is 2. The van der Waals surface area contributed by atoms with Crippen molar-refractivity contribution >= 4 is 32.3 Å². The lowest BCUT2D eigenvalue weighted by Crippen LogP contribution is -1.97. The molecule has 0 spiro atoms. The van der Waals surface area contributed by atoms with Gasteiger partial charge in [0, 0.05) is 41.5 Å². The van der Waals surface area contributed by atoms with E-state index >= 15 is 0 Å². The maximum atomic E-state index is 10.0. The molecule has 4 heteroatoms. The van der Waals surface area contributed by atoms with E-state index in [-0.39, 0.29) is 0 Å². The number of hydrogen-bond donors (Lipinski definition) is 2. The SMILES string of the molecule is OC(O)c1ccc2cc(-c3cc(-c4cccnc4)cc(-c4cccnc4)c3)c3cccc4ccc1c2c43. The van der Waals surface area contributed by atoms with Gasteiger partial charge in [-0.25, -0.2) is 0 Å². The molecule has 37 heavy (non-hydrogen) atoms. The second-order valence-corrected chi connectivity index (χ2v) is 9.35. The average molecular weight is 479 g/mol. The summed E-state index contributed by atoms with van der Waals surface area (Å²) >= 11 is 0. The van der Waals surface area contributed by atoms with E-state index in [1.54, 1.807) is 12.4 Å². The summed E-state index contributed by atoms with van der Waals surface area (Å²) in [6, 6.07) is 31.1. The van der Waals surface area contributed by atoms with E-state index in [0.717, 1.165) is 65.7 Å². The van der Waals surface area contributed by atoms with Gasteiger partial charge in [0.05, 0.1) is 0 Å². The van der Waals surface area contributed by atoms with Gasteiger partial charge in [-0.15, -0.1) is 0 Å². The highest BCUT2D eigenvalue weighted by Gasteiger charge is 2.18. The van der Waals surface area contributed by atoms with Gasteiger partial charge in [-0.2, -0.15) is 0 Å². The van der Waals surface area contributed by atoms with Crippen molar-refractivity contribution in [3.8, 4) is 33.4 Å². The predicted molar refractivity (Wildman–Crippen MR) is 149 cm³/mol. The molecule has 0 aliphatic carbocycles. The Morgan fingerprint density at radius 2 is 1.16 bits per heavy atom. The van der Waals surface area contributed by atoms with Crippen LogP contribution in [0.4, 0.5) is 0 Å². The highest BCUT2D eigenvalue weighted by atomic mass is 16.5. The lowest BCUT2D eigenvalue weighted by Gasteiger charge is -2.18. The van der Waals surface area contributed by atoms with Crippen molar-refractivity contribution in [1.82, 2.24) is 9.97 Å². The van der Waals surface area contributed by atoms with Crippen molar-refractivity contribution in [2.75, 3.05) is 0 Å². The highest BCUT2D eigenvalue weighted by Crippen LogP contribution is 2.43. The molecule has 2 aromatic heterocycles. The van der Waals surface area contributed by atoms with Gasteiger partial charge >= 0.3 is 0 Å². The molecule has 0 aliphatic heterocycles. The number of hydrogen-bond acceptors (Lipinski definition) is 4. The van der Waals surface area contributed by atoms with E-state index in [1.165, 1.54) is 0 Å². The molecule has 0 saturated carbocycles. The second-order valence-electron chi connectivity index (χ2n) is 9.35. The minimum atomic E-state index is -1.53. The van der Waals surface area contributed by atoms with Crippen LogP contribution < -0.4 is 0 Å². The summed E-state index contributed by atoms with van der Waals surface area (Å²) in [5, 5.41) is 26.4. The Morgan fingerprint density at radius 1 is 0.514 bits per heavy atom. The summed E-state index contributed by atoms with van der Waals surface area (Å²) in [5.74, 6) is 0. The zero-order valence-electron chi connectivity index (χ0n) is 19.8. The minimum Gasteiger partial charge on any atom is -0.364 e. The summed E-state index contributed by atoms with van der Waals surface area (Å²) < 4.78 is 0. The number of pyridine rings is 2. The summed E-state index contributed by atoms with van der Waals surface area (Å²) in [6.45, 7) is 0. The molecule has 5 aromatic carbocycles. The normalized spacial score (nSPS) is 11.8. The Balaban J connectivity index is 1.57. The molecule has 4 nitrogen and oxygen atoms in total. The zero-order valence-corrected chi connectivity index (χ0v) is 19.8. The van der Waals surface area contributed by atoms with Crippen molar-refractivity contribution in [2.45, 2.75) is 6.29 Å². The van der Waals surface area contributed by atoms with Crippen LogP contribution in [0.2, 0.25) is 0 Å². The molecular formula is C33H22N2O2. The molecule has 0 aliphatic rings. The molecule has 0 amide bonds. The number of aliphatic hydroxyl groups is 2. The highest BCUT2D eigenvalue weighted by molar-refractivity contribution is 6.26. The molecular weight excluding hydrogens is 456 g/mol. The fourth-order valence-electron chi connectivity index (χ4n) is 5.50. The molecule has 0 atom stereocenters. The van der Waals surface area contributed by atoms with Gasteiger partial charge in [0.15, 0.2) is 6.29 Å². The van der Waals surface area contributed by atoms with E-state index in [4.69, 9.17) is 0 Å². The van der Waals surface area contributed by atoms with Crippen LogP contribution in [0.1, 0.15) is 11.9 Å². The molecule has 7 aromatic rings. The Bertz CT molecular complexity index is 1840. The third kappa shape index (κ3) is 3.54. The third-order valence-electron chi connectivity index (χ3n) is 7.19. The first-order valence-corrected chi connectivity index (χ1v) is 12.2. The first kappa shape index (κ1) is 21.6. The summed E-state index contributed by atoms with van der Waals surface area (Å²) in [4.78, 5) is 8.69. The van der Waals surface area contributed by atoms with Gasteiger partial charge in [-0.1, -0.05) is 54.6 Å². The average Bonchev–Trinajstić information content (AvgIpc) is 2.96. The molecule has 0 unspecified atom stereocenters. The summed E-state index contributed by atoms with van der Waals surface area (Å²) in [5.41, 5.74) is 7.01. The monoisotopic (exact) mass is 478 g/mol. The van der Waals surface area contributed by atoms with Crippen LogP contribution in [0.25, 0.3) is 65.7 Å². The van der Waals surface area contributed by atoms with Crippen LogP contribution in [-0.4, -0.2) is 20.2 Å². The molecule has 0 fully saturated rings. The van der Waals surface area contributed by atoms with Gasteiger partial charge in [0.2, 0.25) is 0 Å². The van der Waals surface area contributed by atoms with E-state index < -0.39 is 6.29 Å². The van der Waals surface area contributed by atoms with Gasteiger partial charge in [0.25, 0.3) is 0 Å². The van der Waals surface area contributed by atoms with Crippen molar-refractivity contribution in [1.29, 1.82) is 0 Å². The van der Waals surface area contributed by atoms with Crippen molar-refractivity contribution < 1.29 is 10.2 Å². The van der Waals surface area contributed by atoms with Crippen molar-refractivity contribution in [2.24, 2.45) is 0 Å². The first-order chi connectivity index (χ1) is 18.2. The van der Waals surface area contributed by atoms with Gasteiger partial charge in [-0.3, -0.25) is 9.97 Å². The Kier molecular flexibility index (Phi) is 4.96. The Labute approximate surface area is 213 Å². The summed E-state index contributed by atoms with van der Waals surface area (Å²) in [6.07, 6.45) is 5.83. The van der Waals surface area contributed by atoms with E-state index in [0.29, 0.717) is 5.56 Å². The van der Waals surface area contributed by atoms with Crippen LogP contribution in [0, 0.1) is 0 Å². The van der Waals surface area contributed by atoms with Crippen LogP contribution in [-0.2, 0) is 0 Å². The maximum absolute atomic E-state index is 10.0. The third-order valence-corrected chi connectivity index (χ3v) is 7.19. The first-order valence-electron chi connectivity index (χ1n) is 12.2. The van der Waals surface area contributed by atoms with Gasteiger partial charge in [-0.05, 0) is 91.0 Å². The number of rotatable bonds is 4. The number of aliphatic hydroxyl groups excluding tert-OH is 1. The van der Waals surface area contributed by atoms with Crippen molar-refractivity contribution in [3.05, 3.63) is 121 Å². The predicted octanol–water partition coefficient (Wildman–Crippen LogP) is 7.36. The molecule has 176 valence electrons. The molecule has 0 saturated heterocycles. The molecule has 7 rings (SSSR count). The van der Waals surface area contributed by atoms with Gasteiger partial charge in [0.1, 0.15) is 0 Å². The van der Waals surface area contributed by atoms with Crippen molar-refractivity contribution in [3.63, 3.8) is 0 Å². The van der Waals surface area contributed by atoms with Crippen LogP contribution >= 0.6 is 0 Å². The van der Waals surface area contributed by atoms with E-state index in [1.807, 2.05) is 42.7 Å². The quantitative estimate of drug-likeness (QED) is 0.205. The molecule has 2 heterocycles. The molecule has 2 N–H and O–H groups in total.